The maximum absolute atomic E-state index is 12.3. The summed E-state index contributed by atoms with van der Waals surface area (Å²) in [6, 6.07) is 7.70. The Balaban J connectivity index is 1.73. The van der Waals surface area contributed by atoms with Crippen LogP contribution in [0.1, 0.15) is 30.3 Å². The minimum Gasteiger partial charge on any atom is -0.490 e. The Kier molecular flexibility index (Phi) is 8.28. The highest BCUT2D eigenvalue weighted by atomic mass is 32.1. The second-order valence-electron chi connectivity index (χ2n) is 6.93. The van der Waals surface area contributed by atoms with Crippen molar-refractivity contribution in [2.45, 2.75) is 26.1 Å². The van der Waals surface area contributed by atoms with Crippen LogP contribution in [0.2, 0.25) is 0 Å². The predicted octanol–water partition coefficient (Wildman–Crippen LogP) is 2.27. The van der Waals surface area contributed by atoms with E-state index in [0.717, 1.165) is 4.88 Å². The fourth-order valence-corrected chi connectivity index (χ4v) is 3.76. The molecular weight excluding hydrogens is 448 g/mol. The van der Waals surface area contributed by atoms with Gasteiger partial charge in [-0.2, -0.15) is 5.10 Å². The van der Waals surface area contributed by atoms with Gasteiger partial charge in [0.1, 0.15) is 6.61 Å². The van der Waals surface area contributed by atoms with Gasteiger partial charge in [-0.1, -0.05) is 12.1 Å². The van der Waals surface area contributed by atoms with E-state index in [1.165, 1.54) is 18.4 Å². The van der Waals surface area contributed by atoms with Gasteiger partial charge in [0, 0.05) is 10.6 Å². The first-order chi connectivity index (χ1) is 15.9. The molecule has 3 rings (SSSR count). The van der Waals surface area contributed by atoms with E-state index in [2.05, 4.69) is 21.2 Å². The number of methoxy groups -OCH3 is 1. The number of aliphatic hydroxyl groups excluding tert-OH is 1. The van der Waals surface area contributed by atoms with Crippen molar-refractivity contribution >= 4 is 29.6 Å². The third kappa shape index (κ3) is 6.24. The highest BCUT2D eigenvalue weighted by Crippen LogP contribution is 2.34. The summed E-state index contributed by atoms with van der Waals surface area (Å²) in [4.78, 5) is 25.3. The topological polar surface area (TPSA) is 131 Å². The zero-order valence-corrected chi connectivity index (χ0v) is 19.3. The number of hydrazone groups is 1. The van der Waals surface area contributed by atoms with Crippen LogP contribution in [0.3, 0.4) is 0 Å². The number of aliphatic hydroxyl groups is 1. The number of ether oxygens (including phenoxy) is 3. The Hall–Kier alpha value is -3.57. The smallest absolute Gasteiger partial charge is 0.337 e. The lowest BCUT2D eigenvalue weighted by Gasteiger charge is -2.28. The number of allylic oxidation sites excluding steroid dienone is 1. The minimum absolute atomic E-state index is 0.0856. The van der Waals surface area contributed by atoms with Gasteiger partial charge in [0.25, 0.3) is 0 Å². The molecule has 1 aromatic carbocycles. The number of carbonyl (C=O) groups is 2. The zero-order valence-electron chi connectivity index (χ0n) is 18.5. The number of rotatable bonds is 10. The minimum atomic E-state index is -1.05. The number of hydrogen-bond donors (Lipinski definition) is 4. The molecule has 10 nitrogen and oxygen atoms in total. The Morgan fingerprint density at radius 3 is 2.85 bits per heavy atom. The van der Waals surface area contributed by atoms with Crippen LogP contribution in [0.25, 0.3) is 0 Å². The lowest BCUT2D eigenvalue weighted by atomic mass is 9.95. The van der Waals surface area contributed by atoms with E-state index in [9.17, 15) is 14.7 Å². The summed E-state index contributed by atoms with van der Waals surface area (Å²) in [5, 5.41) is 21.3. The Bertz CT molecular complexity index is 1040. The number of nitrogens with one attached hydrogen (secondary N) is 3. The van der Waals surface area contributed by atoms with Crippen molar-refractivity contribution < 1.29 is 28.9 Å². The molecule has 176 valence electrons. The number of carbonyl (C=O) groups excluding carboxylic acids is 2. The molecule has 0 bridgehead atoms. The van der Waals surface area contributed by atoms with Crippen LogP contribution in [-0.4, -0.2) is 49.9 Å². The van der Waals surface area contributed by atoms with Crippen LogP contribution in [0.4, 0.5) is 4.79 Å². The number of esters is 1. The molecule has 0 saturated carbocycles. The van der Waals surface area contributed by atoms with Crippen molar-refractivity contribution in [3.05, 3.63) is 57.4 Å². The first kappa shape index (κ1) is 24.1. The molecule has 2 aromatic rings. The summed E-state index contributed by atoms with van der Waals surface area (Å²) in [7, 11) is 1.28. The van der Waals surface area contributed by atoms with Gasteiger partial charge in [0.15, 0.2) is 17.7 Å². The maximum Gasteiger partial charge on any atom is 0.337 e. The van der Waals surface area contributed by atoms with E-state index in [4.69, 9.17) is 14.2 Å². The number of hydrogen-bond acceptors (Lipinski definition) is 9. The fraction of sp³-hybridized carbons (Fsp3) is 0.318. The summed E-state index contributed by atoms with van der Waals surface area (Å²) in [6.45, 7) is 3.73. The third-order valence-electron chi connectivity index (χ3n) is 4.63. The number of nitrogens with zero attached hydrogens (tertiary/aromatic N) is 1. The van der Waals surface area contributed by atoms with Crippen molar-refractivity contribution in [1.82, 2.24) is 16.1 Å². The van der Waals surface area contributed by atoms with Gasteiger partial charge in [-0.15, -0.1) is 11.3 Å². The molecule has 1 aliphatic rings. The average molecular weight is 475 g/mol. The fourth-order valence-electron chi connectivity index (χ4n) is 3.17. The van der Waals surface area contributed by atoms with E-state index < -0.39 is 24.3 Å². The van der Waals surface area contributed by atoms with Crippen molar-refractivity contribution in [3.8, 4) is 11.5 Å². The van der Waals surface area contributed by atoms with E-state index in [-0.39, 0.29) is 12.2 Å². The normalized spacial score (nSPS) is 16.7. The summed E-state index contributed by atoms with van der Waals surface area (Å²) in [6.07, 6.45) is 0.561. The summed E-state index contributed by atoms with van der Waals surface area (Å²) >= 11 is 1.53. The first-order valence-corrected chi connectivity index (χ1v) is 11.1. The third-order valence-corrected chi connectivity index (χ3v) is 5.44. The molecule has 0 unspecified atom stereocenters. The van der Waals surface area contributed by atoms with Crippen molar-refractivity contribution in [2.75, 3.05) is 20.3 Å². The summed E-state index contributed by atoms with van der Waals surface area (Å²) < 4.78 is 16.3. The van der Waals surface area contributed by atoms with Gasteiger partial charge in [-0.25, -0.2) is 9.59 Å². The molecule has 33 heavy (non-hydrogen) atoms. The summed E-state index contributed by atoms with van der Waals surface area (Å²) in [5.41, 5.74) is 3.90. The standard InChI is InChI=1S/C22H26N4O6S/c1-4-31-17-10-14(20-19(21(28)30-3)13(2)24-22(29)25-20)7-8-16(17)32-12-18(27)26-23-11-15-6-5-9-33-15/h5-11,18,20,26-27H,4,12H2,1-3H3,(H2,24,25,29)/b23-11-/t18-,20+/m0/s1. The van der Waals surface area contributed by atoms with Gasteiger partial charge < -0.3 is 30.0 Å². The molecule has 0 radical (unpaired) electrons. The van der Waals surface area contributed by atoms with Crippen molar-refractivity contribution in [3.63, 3.8) is 0 Å². The van der Waals surface area contributed by atoms with Crippen LogP contribution in [-0.2, 0) is 9.53 Å². The number of benzene rings is 1. The Morgan fingerprint density at radius 1 is 1.33 bits per heavy atom. The van der Waals surface area contributed by atoms with Crippen molar-refractivity contribution in [1.29, 1.82) is 0 Å². The lowest BCUT2D eigenvalue weighted by molar-refractivity contribution is -0.136. The molecule has 11 heteroatoms. The van der Waals surface area contributed by atoms with E-state index >= 15 is 0 Å². The number of amides is 2. The molecule has 1 aromatic heterocycles. The maximum atomic E-state index is 12.3. The number of thiophene rings is 1. The molecule has 0 aliphatic carbocycles. The largest absolute Gasteiger partial charge is 0.490 e. The Morgan fingerprint density at radius 2 is 2.15 bits per heavy atom. The molecule has 4 N–H and O–H groups in total. The van der Waals surface area contributed by atoms with Gasteiger partial charge in [-0.3, -0.25) is 5.43 Å². The van der Waals surface area contributed by atoms with Crippen LogP contribution in [0.15, 0.2) is 52.1 Å². The highest BCUT2D eigenvalue weighted by molar-refractivity contribution is 7.11. The molecule has 2 amide bonds. The van der Waals surface area contributed by atoms with Gasteiger partial charge in [-0.05, 0) is 43.0 Å². The van der Waals surface area contributed by atoms with Crippen LogP contribution < -0.4 is 25.5 Å². The van der Waals surface area contributed by atoms with Gasteiger partial charge in [0.2, 0.25) is 0 Å². The molecular formula is C22H26N4O6S. The lowest BCUT2D eigenvalue weighted by Crippen LogP contribution is -2.45. The van der Waals surface area contributed by atoms with Gasteiger partial charge in [0.05, 0.1) is 31.5 Å². The van der Waals surface area contributed by atoms with Gasteiger partial charge >= 0.3 is 12.0 Å². The molecule has 0 fully saturated rings. The van der Waals surface area contributed by atoms with Crippen LogP contribution in [0, 0.1) is 0 Å². The molecule has 0 saturated heterocycles. The molecule has 2 heterocycles. The van der Waals surface area contributed by atoms with E-state index in [1.54, 1.807) is 31.3 Å². The zero-order chi connectivity index (χ0) is 23.8. The Labute approximate surface area is 195 Å². The highest BCUT2D eigenvalue weighted by Gasteiger charge is 2.32. The SMILES string of the molecule is CCOc1cc([C@H]2NC(=O)NC(C)=C2C(=O)OC)ccc1OC[C@H](O)N/N=C\c1cccs1. The average Bonchev–Trinajstić information content (AvgIpc) is 3.31. The number of urea groups is 1. The second-order valence-corrected chi connectivity index (χ2v) is 7.91. The molecule has 1 aliphatic heterocycles. The second kappa shape index (κ2) is 11.3. The molecule has 2 atom stereocenters. The quantitative estimate of drug-likeness (QED) is 0.180. The first-order valence-electron chi connectivity index (χ1n) is 10.2. The van der Waals surface area contributed by atoms with Crippen LogP contribution >= 0.6 is 11.3 Å². The molecule has 0 spiro atoms. The monoisotopic (exact) mass is 474 g/mol. The van der Waals surface area contributed by atoms with E-state index in [0.29, 0.717) is 29.4 Å². The summed E-state index contributed by atoms with van der Waals surface area (Å²) in [5.74, 6) is 0.240. The predicted molar refractivity (Wildman–Crippen MR) is 123 cm³/mol. The van der Waals surface area contributed by atoms with Crippen molar-refractivity contribution in [2.24, 2.45) is 5.10 Å². The van der Waals surface area contributed by atoms with Crippen LogP contribution in [0.5, 0.6) is 11.5 Å². The van der Waals surface area contributed by atoms with E-state index in [1.807, 2.05) is 24.4 Å².